The summed E-state index contributed by atoms with van der Waals surface area (Å²) in [5.74, 6) is -0.0480. The lowest BCUT2D eigenvalue weighted by Crippen LogP contribution is -2.05. The van der Waals surface area contributed by atoms with Gasteiger partial charge >= 0.3 is 5.63 Å². The summed E-state index contributed by atoms with van der Waals surface area (Å²) in [4.78, 5) is 11.9. The number of hydrogen-bond acceptors (Lipinski definition) is 5. The molecule has 0 aliphatic carbocycles. The molecule has 5 nitrogen and oxygen atoms in total. The molecule has 0 aliphatic rings. The molecule has 0 saturated carbocycles. The van der Waals surface area contributed by atoms with Crippen LogP contribution in [-0.2, 0) is 0 Å². The zero-order valence-electron chi connectivity index (χ0n) is 15.1. The smallest absolute Gasteiger partial charge is 0.383 e. The molecule has 0 unspecified atom stereocenters. The van der Waals surface area contributed by atoms with Crippen LogP contribution in [0.2, 0.25) is 0 Å². The van der Waals surface area contributed by atoms with Gasteiger partial charge in [0.05, 0.1) is 12.5 Å². The molecule has 0 fully saturated rings. The summed E-state index contributed by atoms with van der Waals surface area (Å²) < 4.78 is 15.9. The second-order valence-corrected chi connectivity index (χ2v) is 6.09. The van der Waals surface area contributed by atoms with Gasteiger partial charge in [-0.3, -0.25) is 0 Å². The number of rotatable bonds is 7. The van der Waals surface area contributed by atoms with E-state index in [1.807, 2.05) is 6.08 Å². The monoisotopic (exact) mass is 344 g/mol. The van der Waals surface area contributed by atoms with Gasteiger partial charge in [0.2, 0.25) is 5.75 Å². The fraction of sp³-hybridized carbons (Fsp3) is 0.350. The summed E-state index contributed by atoms with van der Waals surface area (Å²) in [6, 6.07) is 5.06. The molecule has 0 atom stereocenters. The van der Waals surface area contributed by atoms with E-state index in [-0.39, 0.29) is 17.1 Å². The Labute approximate surface area is 147 Å². The molecule has 0 spiro atoms. The normalized spacial score (nSPS) is 11.4. The van der Waals surface area contributed by atoms with Gasteiger partial charge in [-0.15, -0.1) is 0 Å². The van der Waals surface area contributed by atoms with E-state index < -0.39 is 5.63 Å². The Morgan fingerprint density at radius 2 is 2.00 bits per heavy atom. The van der Waals surface area contributed by atoms with Crippen molar-refractivity contribution in [2.75, 3.05) is 13.7 Å². The fourth-order valence-electron chi connectivity index (χ4n) is 2.42. The predicted molar refractivity (Wildman–Crippen MR) is 98.6 cm³/mol. The molecule has 25 heavy (non-hydrogen) atoms. The number of allylic oxidation sites excluding steroid dienone is 3. The van der Waals surface area contributed by atoms with Gasteiger partial charge in [-0.2, -0.15) is 0 Å². The van der Waals surface area contributed by atoms with Crippen molar-refractivity contribution in [1.29, 1.82) is 0 Å². The van der Waals surface area contributed by atoms with Crippen molar-refractivity contribution in [1.82, 2.24) is 0 Å². The number of ether oxygens (including phenoxy) is 2. The molecule has 2 aromatic rings. The average Bonchev–Trinajstić information content (AvgIpc) is 2.55. The molecule has 134 valence electrons. The van der Waals surface area contributed by atoms with E-state index in [0.29, 0.717) is 17.7 Å². The van der Waals surface area contributed by atoms with E-state index in [1.165, 1.54) is 18.3 Å². The highest BCUT2D eigenvalue weighted by atomic mass is 16.5. The first-order valence-electron chi connectivity index (χ1n) is 8.18. The van der Waals surface area contributed by atoms with E-state index in [4.69, 9.17) is 13.9 Å². The third kappa shape index (κ3) is 4.66. The van der Waals surface area contributed by atoms with Crippen LogP contribution in [0.15, 0.2) is 50.7 Å². The molecule has 1 N–H and O–H groups in total. The lowest BCUT2D eigenvalue weighted by molar-refractivity contribution is 0.339. The van der Waals surface area contributed by atoms with Crippen LogP contribution in [-0.4, -0.2) is 18.8 Å². The molecule has 0 amide bonds. The summed E-state index contributed by atoms with van der Waals surface area (Å²) in [6.07, 6.45) is 6.17. The van der Waals surface area contributed by atoms with Crippen LogP contribution >= 0.6 is 0 Å². The van der Waals surface area contributed by atoms with Crippen LogP contribution in [0.25, 0.3) is 11.0 Å². The number of methoxy groups -OCH3 is 1. The summed E-state index contributed by atoms with van der Waals surface area (Å²) in [6.45, 7) is 6.58. The molecular formula is C20H24O5. The quantitative estimate of drug-likeness (QED) is 0.588. The molecule has 0 bridgehead atoms. The third-order valence-corrected chi connectivity index (χ3v) is 3.80. The maximum Gasteiger partial charge on any atom is 0.383 e. The van der Waals surface area contributed by atoms with Crippen LogP contribution in [0.1, 0.15) is 33.6 Å². The van der Waals surface area contributed by atoms with Gasteiger partial charge in [-0.05, 0) is 51.8 Å². The Kier molecular flexibility index (Phi) is 6.28. The zero-order valence-corrected chi connectivity index (χ0v) is 15.1. The zero-order chi connectivity index (χ0) is 18.4. The number of hydrogen-bond donors (Lipinski definition) is 1. The number of fused-ring (bicyclic) bond motifs is 1. The van der Waals surface area contributed by atoms with E-state index in [2.05, 4.69) is 26.8 Å². The second-order valence-electron chi connectivity index (χ2n) is 6.09. The first-order chi connectivity index (χ1) is 11.9. The summed E-state index contributed by atoms with van der Waals surface area (Å²) in [5, 5.41) is 10.5. The number of para-hydroxylation sites is 1. The highest BCUT2D eigenvalue weighted by Crippen LogP contribution is 2.35. The van der Waals surface area contributed by atoms with Crippen LogP contribution in [0.3, 0.4) is 0 Å². The largest absolute Gasteiger partial charge is 0.504 e. The topological polar surface area (TPSA) is 68.9 Å². The van der Waals surface area contributed by atoms with Gasteiger partial charge in [0.15, 0.2) is 17.1 Å². The standard InChI is InChI=1S/C20H24O5/c1-13(2)7-5-8-14(3)11-12-24-16-10-6-9-15-17(21)19(23-4)20(22)25-18(15)16/h6-7,9-11,21H,5,8,12H2,1-4H3. The molecule has 1 aromatic carbocycles. The van der Waals surface area contributed by atoms with Crippen molar-refractivity contribution in [3.63, 3.8) is 0 Å². The molecule has 2 rings (SSSR count). The maximum atomic E-state index is 11.9. The van der Waals surface area contributed by atoms with Gasteiger partial charge in [0.25, 0.3) is 0 Å². The van der Waals surface area contributed by atoms with Gasteiger partial charge in [-0.25, -0.2) is 4.79 Å². The summed E-state index contributed by atoms with van der Waals surface area (Å²) in [5.41, 5.74) is 2.01. The maximum absolute atomic E-state index is 11.9. The van der Waals surface area contributed by atoms with Crippen molar-refractivity contribution in [2.45, 2.75) is 33.6 Å². The highest BCUT2D eigenvalue weighted by Gasteiger charge is 2.16. The Balaban J connectivity index is 2.17. The molecule has 0 aliphatic heterocycles. The minimum Gasteiger partial charge on any atom is -0.504 e. The number of benzene rings is 1. The van der Waals surface area contributed by atoms with E-state index in [9.17, 15) is 9.90 Å². The molecule has 0 saturated heterocycles. The summed E-state index contributed by atoms with van der Waals surface area (Å²) >= 11 is 0. The third-order valence-electron chi connectivity index (χ3n) is 3.80. The Morgan fingerprint density at radius 3 is 2.68 bits per heavy atom. The Hall–Kier alpha value is -2.69. The van der Waals surface area contributed by atoms with E-state index >= 15 is 0 Å². The Morgan fingerprint density at radius 1 is 1.24 bits per heavy atom. The first-order valence-corrected chi connectivity index (χ1v) is 8.18. The van der Waals surface area contributed by atoms with E-state index in [0.717, 1.165) is 12.8 Å². The lowest BCUT2D eigenvalue weighted by atomic mass is 10.1. The molecule has 0 radical (unpaired) electrons. The predicted octanol–water partition coefficient (Wildman–Crippen LogP) is 4.58. The van der Waals surface area contributed by atoms with Gasteiger partial charge in [0.1, 0.15) is 6.61 Å². The van der Waals surface area contributed by atoms with Crippen molar-refractivity contribution in [3.8, 4) is 17.2 Å². The molecule has 5 heteroatoms. The van der Waals surface area contributed by atoms with Gasteiger partial charge in [0, 0.05) is 0 Å². The summed E-state index contributed by atoms with van der Waals surface area (Å²) in [7, 11) is 1.31. The molecule has 1 aromatic heterocycles. The van der Waals surface area contributed by atoms with Gasteiger partial charge in [-0.1, -0.05) is 23.3 Å². The Bertz CT molecular complexity index is 854. The molecule has 1 heterocycles. The van der Waals surface area contributed by atoms with Crippen molar-refractivity contribution in [3.05, 3.63) is 51.9 Å². The molecular weight excluding hydrogens is 320 g/mol. The van der Waals surface area contributed by atoms with Crippen molar-refractivity contribution >= 4 is 11.0 Å². The van der Waals surface area contributed by atoms with Crippen molar-refractivity contribution < 1.29 is 19.0 Å². The van der Waals surface area contributed by atoms with Crippen LogP contribution in [0, 0.1) is 0 Å². The minimum atomic E-state index is -0.739. The minimum absolute atomic E-state index is 0.209. The average molecular weight is 344 g/mol. The second kappa shape index (κ2) is 8.42. The van der Waals surface area contributed by atoms with E-state index in [1.54, 1.807) is 18.2 Å². The number of aromatic hydroxyl groups is 1. The van der Waals surface area contributed by atoms with Crippen LogP contribution in [0.5, 0.6) is 17.2 Å². The highest BCUT2D eigenvalue weighted by molar-refractivity contribution is 5.89. The fourth-order valence-corrected chi connectivity index (χ4v) is 2.42. The van der Waals surface area contributed by atoms with Crippen LogP contribution in [0.4, 0.5) is 0 Å². The first kappa shape index (κ1) is 18.6. The van der Waals surface area contributed by atoms with Gasteiger partial charge < -0.3 is 19.0 Å². The van der Waals surface area contributed by atoms with Crippen molar-refractivity contribution in [2.24, 2.45) is 0 Å². The lowest BCUT2D eigenvalue weighted by Gasteiger charge is -2.09. The SMILES string of the molecule is COc1c(O)c2cccc(OCC=C(C)CCC=C(C)C)c2oc1=O. The van der Waals surface area contributed by atoms with Crippen LogP contribution < -0.4 is 15.1 Å².